The van der Waals surface area contributed by atoms with Gasteiger partial charge in [0.05, 0.1) is 12.8 Å². The van der Waals surface area contributed by atoms with Gasteiger partial charge in [0, 0.05) is 23.4 Å². The molecule has 0 fully saturated rings. The quantitative estimate of drug-likeness (QED) is 0.660. The van der Waals surface area contributed by atoms with Gasteiger partial charge in [0.25, 0.3) is 0 Å². The number of nitrogens with zero attached hydrogens (tertiary/aromatic N) is 3. The Balaban J connectivity index is 2.58. The third kappa shape index (κ3) is 2.16. The zero-order valence-corrected chi connectivity index (χ0v) is 9.08. The molecule has 0 aliphatic carbocycles. The predicted octanol–water partition coefficient (Wildman–Crippen LogP) is 1.68. The second-order valence-electron chi connectivity index (χ2n) is 3.47. The van der Waals surface area contributed by atoms with E-state index in [1.165, 1.54) is 18.5 Å². The number of aromatic nitrogens is 2. The van der Waals surface area contributed by atoms with Crippen LogP contribution in [0.5, 0.6) is 0 Å². The first-order valence-corrected chi connectivity index (χ1v) is 4.97. The van der Waals surface area contributed by atoms with Crippen LogP contribution in [0.25, 0.3) is 11.1 Å². The maximum absolute atomic E-state index is 13.5. The number of nitro groups is 1. The van der Waals surface area contributed by atoms with Crippen molar-refractivity contribution in [3.63, 3.8) is 0 Å². The fourth-order valence-corrected chi connectivity index (χ4v) is 1.55. The molecule has 1 N–H and O–H groups in total. The second-order valence-corrected chi connectivity index (χ2v) is 3.47. The normalized spacial score (nSPS) is 10.3. The Hall–Kier alpha value is -2.41. The summed E-state index contributed by atoms with van der Waals surface area (Å²) in [5.41, 5.74) is 0.737. The number of hydrogen-bond acceptors (Lipinski definition) is 5. The van der Waals surface area contributed by atoms with E-state index in [4.69, 9.17) is 0 Å². The summed E-state index contributed by atoms with van der Waals surface area (Å²) < 4.78 is 13.5. The van der Waals surface area contributed by atoms with E-state index in [9.17, 15) is 19.6 Å². The number of pyridine rings is 2. The van der Waals surface area contributed by atoms with Crippen molar-refractivity contribution in [3.8, 4) is 11.1 Å². The molecule has 0 atom stereocenters. The van der Waals surface area contributed by atoms with E-state index in [0.717, 1.165) is 12.3 Å². The largest absolute Gasteiger partial charge is 0.392 e. The molecule has 2 aromatic heterocycles. The lowest BCUT2D eigenvalue weighted by Crippen LogP contribution is -1.98. The van der Waals surface area contributed by atoms with Crippen LogP contribution in [-0.4, -0.2) is 20.0 Å². The third-order valence-corrected chi connectivity index (χ3v) is 2.40. The van der Waals surface area contributed by atoms with Gasteiger partial charge in [0.15, 0.2) is 0 Å². The van der Waals surface area contributed by atoms with Gasteiger partial charge in [-0.3, -0.25) is 4.98 Å². The predicted molar refractivity (Wildman–Crippen MR) is 60.0 cm³/mol. The summed E-state index contributed by atoms with van der Waals surface area (Å²) >= 11 is 0. The highest BCUT2D eigenvalue weighted by Crippen LogP contribution is 2.27. The van der Waals surface area contributed by atoms with Gasteiger partial charge in [-0.05, 0) is 21.5 Å². The molecular formula is C11H8FN3O3. The van der Waals surface area contributed by atoms with Crippen molar-refractivity contribution in [2.24, 2.45) is 0 Å². The molecule has 0 aromatic carbocycles. The number of halogens is 1. The van der Waals surface area contributed by atoms with Crippen LogP contribution >= 0.6 is 0 Å². The first-order valence-electron chi connectivity index (χ1n) is 4.97. The summed E-state index contributed by atoms with van der Waals surface area (Å²) in [6, 6.07) is 2.53. The maximum atomic E-state index is 13.5. The molecule has 0 saturated heterocycles. The molecule has 0 saturated carbocycles. The van der Waals surface area contributed by atoms with E-state index in [2.05, 4.69) is 9.97 Å². The van der Waals surface area contributed by atoms with Crippen LogP contribution in [0.2, 0.25) is 0 Å². The summed E-state index contributed by atoms with van der Waals surface area (Å²) in [6.45, 7) is -0.444. The van der Waals surface area contributed by atoms with Crippen molar-refractivity contribution in [1.82, 2.24) is 9.97 Å². The van der Waals surface area contributed by atoms with Crippen molar-refractivity contribution >= 4 is 5.82 Å². The van der Waals surface area contributed by atoms with Crippen molar-refractivity contribution in [3.05, 3.63) is 52.2 Å². The minimum Gasteiger partial charge on any atom is -0.392 e. The Morgan fingerprint density at radius 3 is 2.78 bits per heavy atom. The first kappa shape index (κ1) is 12.1. The summed E-state index contributed by atoms with van der Waals surface area (Å²) in [6.07, 6.45) is 3.58. The Kier molecular flexibility index (Phi) is 3.24. The van der Waals surface area contributed by atoms with Crippen molar-refractivity contribution in [2.45, 2.75) is 6.61 Å². The van der Waals surface area contributed by atoms with Crippen molar-refractivity contribution in [2.75, 3.05) is 0 Å². The Morgan fingerprint density at radius 2 is 2.17 bits per heavy atom. The van der Waals surface area contributed by atoms with Gasteiger partial charge in [-0.15, -0.1) is 0 Å². The zero-order valence-electron chi connectivity index (χ0n) is 9.08. The Morgan fingerprint density at radius 1 is 1.39 bits per heavy atom. The van der Waals surface area contributed by atoms with Crippen LogP contribution < -0.4 is 0 Å². The molecule has 0 unspecified atom stereocenters. The van der Waals surface area contributed by atoms with Gasteiger partial charge in [-0.2, -0.15) is 0 Å². The fraction of sp³-hybridized carbons (Fsp3) is 0.0909. The number of aliphatic hydroxyl groups excluding tert-OH is 1. The highest BCUT2D eigenvalue weighted by Gasteiger charge is 2.16. The number of hydrogen-bond donors (Lipinski definition) is 1. The lowest BCUT2D eigenvalue weighted by Gasteiger charge is -2.06. The van der Waals surface area contributed by atoms with E-state index in [0.29, 0.717) is 5.56 Å². The van der Waals surface area contributed by atoms with Gasteiger partial charge < -0.3 is 15.2 Å². The highest BCUT2D eigenvalue weighted by atomic mass is 19.1. The highest BCUT2D eigenvalue weighted by molar-refractivity contribution is 5.67. The molecule has 7 heteroatoms. The molecule has 0 spiro atoms. The van der Waals surface area contributed by atoms with E-state index in [1.54, 1.807) is 0 Å². The summed E-state index contributed by atoms with van der Waals surface area (Å²) in [7, 11) is 0. The van der Waals surface area contributed by atoms with Gasteiger partial charge in [-0.25, -0.2) is 4.39 Å². The first-order chi connectivity index (χ1) is 8.63. The van der Waals surface area contributed by atoms with Gasteiger partial charge in [-0.1, -0.05) is 0 Å². The lowest BCUT2D eigenvalue weighted by atomic mass is 10.0. The molecule has 2 heterocycles. The molecule has 2 aromatic rings. The van der Waals surface area contributed by atoms with E-state index >= 15 is 0 Å². The fourth-order valence-electron chi connectivity index (χ4n) is 1.55. The minimum absolute atomic E-state index is 0.191. The van der Waals surface area contributed by atoms with Gasteiger partial charge >= 0.3 is 5.82 Å². The molecule has 0 amide bonds. The molecule has 2 rings (SSSR count). The lowest BCUT2D eigenvalue weighted by molar-refractivity contribution is -0.389. The molecule has 6 nitrogen and oxygen atoms in total. The second kappa shape index (κ2) is 4.84. The summed E-state index contributed by atoms with van der Waals surface area (Å²) in [5, 5.41) is 19.7. The third-order valence-electron chi connectivity index (χ3n) is 2.40. The van der Waals surface area contributed by atoms with Crippen LogP contribution in [0.3, 0.4) is 0 Å². The molecule has 0 aliphatic rings. The zero-order chi connectivity index (χ0) is 13.1. The monoisotopic (exact) mass is 249 g/mol. The van der Waals surface area contributed by atoms with Gasteiger partial charge in [0.2, 0.25) is 0 Å². The summed E-state index contributed by atoms with van der Waals surface area (Å²) in [4.78, 5) is 17.1. The van der Waals surface area contributed by atoms with E-state index in [-0.39, 0.29) is 11.1 Å². The van der Waals surface area contributed by atoms with E-state index in [1.807, 2.05) is 0 Å². The summed E-state index contributed by atoms with van der Waals surface area (Å²) in [5.74, 6) is -0.972. The number of rotatable bonds is 3. The molecule has 18 heavy (non-hydrogen) atoms. The van der Waals surface area contributed by atoms with Crippen LogP contribution in [0.4, 0.5) is 10.2 Å². The van der Waals surface area contributed by atoms with Crippen LogP contribution in [0.1, 0.15) is 5.56 Å². The standard InChI is InChI=1S/C11H8FN3O3/c12-10-5-13-2-1-8(10)9-4-14-11(15(17)18)3-7(9)6-16/h1-5,16H,6H2. The van der Waals surface area contributed by atoms with E-state index < -0.39 is 23.2 Å². The maximum Gasteiger partial charge on any atom is 0.363 e. The van der Waals surface area contributed by atoms with Crippen LogP contribution in [0.15, 0.2) is 30.7 Å². The smallest absolute Gasteiger partial charge is 0.363 e. The van der Waals surface area contributed by atoms with Crippen molar-refractivity contribution in [1.29, 1.82) is 0 Å². The molecule has 0 radical (unpaired) electrons. The SMILES string of the molecule is O=[N+]([O-])c1cc(CO)c(-c2ccncc2F)cn1. The topological polar surface area (TPSA) is 89.2 Å². The average Bonchev–Trinajstić information content (AvgIpc) is 2.38. The Bertz CT molecular complexity index is 604. The van der Waals surface area contributed by atoms with Gasteiger partial charge in [0.1, 0.15) is 12.0 Å². The minimum atomic E-state index is -0.675. The Labute approximate surface area is 101 Å². The molecule has 0 bridgehead atoms. The molecule has 0 aliphatic heterocycles. The van der Waals surface area contributed by atoms with Crippen molar-refractivity contribution < 1.29 is 14.4 Å². The van der Waals surface area contributed by atoms with Crippen LogP contribution in [0, 0.1) is 15.9 Å². The molecule has 92 valence electrons. The molecular weight excluding hydrogens is 241 g/mol. The van der Waals surface area contributed by atoms with Crippen LogP contribution in [-0.2, 0) is 6.61 Å². The number of aliphatic hydroxyl groups is 1. The average molecular weight is 249 g/mol.